The smallest absolute Gasteiger partial charge is 0.171 e. The molecule has 1 atom stereocenters. The highest BCUT2D eigenvalue weighted by Crippen LogP contribution is 2.26. The second kappa shape index (κ2) is 6.85. The number of ether oxygens (including phenoxy) is 1. The van der Waals surface area contributed by atoms with Crippen LogP contribution in [0.3, 0.4) is 0 Å². The lowest BCUT2D eigenvalue weighted by molar-refractivity contribution is 0.242. The largest absolute Gasteiger partial charge is 0.487 e. The number of anilines is 1. The van der Waals surface area contributed by atoms with Crippen LogP contribution in [0.4, 0.5) is 5.82 Å². The fraction of sp³-hybridized carbons (Fsp3) is 0.571. The zero-order chi connectivity index (χ0) is 13.5. The van der Waals surface area contributed by atoms with Gasteiger partial charge in [-0.2, -0.15) is 5.26 Å². The van der Waals surface area contributed by atoms with E-state index in [2.05, 4.69) is 22.9 Å². The summed E-state index contributed by atoms with van der Waals surface area (Å²) in [5, 5.41) is 8.91. The zero-order valence-electron chi connectivity index (χ0n) is 11.6. The molecule has 0 saturated heterocycles. The third kappa shape index (κ3) is 3.92. The van der Waals surface area contributed by atoms with Crippen LogP contribution in [-0.4, -0.2) is 24.2 Å². The van der Waals surface area contributed by atoms with E-state index >= 15 is 0 Å². The molecule has 0 aliphatic rings. The van der Waals surface area contributed by atoms with Crippen molar-refractivity contribution in [2.24, 2.45) is 5.92 Å². The summed E-state index contributed by atoms with van der Waals surface area (Å²) >= 11 is 0. The molecule has 98 valence electrons. The molecule has 1 rings (SSSR count). The molecule has 0 aromatic carbocycles. The number of aromatic nitrogens is 1. The lowest BCUT2D eigenvalue weighted by Crippen LogP contribution is -2.29. The van der Waals surface area contributed by atoms with Crippen molar-refractivity contribution in [2.75, 3.05) is 18.0 Å². The van der Waals surface area contributed by atoms with Crippen LogP contribution in [0.25, 0.3) is 0 Å². The number of nitrogens with zero attached hydrogens (tertiary/aromatic N) is 3. The predicted octanol–water partition coefficient (Wildman–Crippen LogP) is 2.85. The van der Waals surface area contributed by atoms with Gasteiger partial charge in [0.15, 0.2) is 11.6 Å². The summed E-state index contributed by atoms with van der Waals surface area (Å²) in [6.45, 7) is 9.42. The summed E-state index contributed by atoms with van der Waals surface area (Å²) in [6, 6.07) is 6.03. The summed E-state index contributed by atoms with van der Waals surface area (Å²) in [6.07, 6.45) is 1.86. The lowest BCUT2D eigenvalue weighted by atomic mass is 10.2. The van der Waals surface area contributed by atoms with E-state index in [4.69, 9.17) is 10.00 Å². The Bertz CT molecular complexity index is 412. The van der Waals surface area contributed by atoms with Crippen molar-refractivity contribution in [1.29, 1.82) is 5.26 Å². The lowest BCUT2D eigenvalue weighted by Gasteiger charge is -2.25. The van der Waals surface area contributed by atoms with Crippen molar-refractivity contribution in [3.8, 4) is 11.8 Å². The Kier molecular flexibility index (Phi) is 5.44. The van der Waals surface area contributed by atoms with E-state index in [1.165, 1.54) is 0 Å². The number of hydrogen-bond acceptors (Lipinski definition) is 4. The molecule has 0 aliphatic heterocycles. The van der Waals surface area contributed by atoms with Gasteiger partial charge in [-0.25, -0.2) is 4.98 Å². The van der Waals surface area contributed by atoms with Gasteiger partial charge in [-0.1, -0.05) is 0 Å². The summed E-state index contributed by atoms with van der Waals surface area (Å²) in [7, 11) is 0. The molecule has 1 aromatic heterocycles. The fourth-order valence-corrected chi connectivity index (χ4v) is 1.70. The van der Waals surface area contributed by atoms with Gasteiger partial charge in [0, 0.05) is 19.3 Å². The molecule has 18 heavy (non-hydrogen) atoms. The molecule has 4 heteroatoms. The maximum atomic E-state index is 8.91. The van der Waals surface area contributed by atoms with Gasteiger partial charge in [0.25, 0.3) is 0 Å². The van der Waals surface area contributed by atoms with Crippen LogP contribution in [-0.2, 0) is 0 Å². The molecule has 1 heterocycles. The highest BCUT2D eigenvalue weighted by Gasteiger charge is 2.15. The first-order valence-corrected chi connectivity index (χ1v) is 6.34. The van der Waals surface area contributed by atoms with E-state index in [0.29, 0.717) is 6.54 Å². The minimum atomic E-state index is -0.0288. The maximum Gasteiger partial charge on any atom is 0.171 e. The van der Waals surface area contributed by atoms with Crippen molar-refractivity contribution in [1.82, 2.24) is 4.98 Å². The van der Waals surface area contributed by atoms with Gasteiger partial charge in [-0.05, 0) is 39.8 Å². The predicted molar refractivity (Wildman–Crippen MR) is 72.7 cm³/mol. The van der Waals surface area contributed by atoms with E-state index < -0.39 is 0 Å². The summed E-state index contributed by atoms with van der Waals surface area (Å²) in [5.41, 5.74) is 0. The maximum absolute atomic E-state index is 8.91. The zero-order valence-corrected chi connectivity index (χ0v) is 11.6. The average Bonchev–Trinajstić information content (AvgIpc) is 2.36. The normalized spacial score (nSPS) is 12.0. The van der Waals surface area contributed by atoms with Crippen molar-refractivity contribution in [2.45, 2.75) is 33.8 Å². The van der Waals surface area contributed by atoms with E-state index in [0.717, 1.165) is 18.1 Å². The Labute approximate surface area is 109 Å². The van der Waals surface area contributed by atoms with E-state index in [1.807, 2.05) is 32.9 Å². The molecule has 0 spiro atoms. The molecular formula is C14H21N3O. The monoisotopic (exact) mass is 247 g/mol. The van der Waals surface area contributed by atoms with Crippen LogP contribution >= 0.6 is 0 Å². The second-order valence-electron chi connectivity index (χ2n) is 4.56. The third-order valence-electron chi connectivity index (χ3n) is 2.51. The van der Waals surface area contributed by atoms with Crippen LogP contribution in [0.1, 0.15) is 27.7 Å². The van der Waals surface area contributed by atoms with Gasteiger partial charge in [-0.3, -0.25) is 0 Å². The quantitative estimate of drug-likeness (QED) is 0.775. The molecule has 0 N–H and O–H groups in total. The second-order valence-corrected chi connectivity index (χ2v) is 4.56. The van der Waals surface area contributed by atoms with Crippen LogP contribution in [0.15, 0.2) is 18.3 Å². The molecule has 1 unspecified atom stereocenters. The Morgan fingerprint density at radius 3 is 2.72 bits per heavy atom. The molecule has 0 saturated carbocycles. The molecule has 1 aromatic rings. The molecular weight excluding hydrogens is 226 g/mol. The highest BCUT2D eigenvalue weighted by atomic mass is 16.5. The van der Waals surface area contributed by atoms with E-state index in [9.17, 15) is 0 Å². The van der Waals surface area contributed by atoms with Crippen LogP contribution in [0, 0.1) is 17.2 Å². The molecule has 0 fully saturated rings. The fourth-order valence-electron chi connectivity index (χ4n) is 1.70. The number of rotatable bonds is 6. The molecule has 0 amide bonds. The van der Waals surface area contributed by atoms with Gasteiger partial charge in [0.1, 0.15) is 0 Å². The topological polar surface area (TPSA) is 49.2 Å². The van der Waals surface area contributed by atoms with Crippen molar-refractivity contribution in [3.63, 3.8) is 0 Å². The van der Waals surface area contributed by atoms with Gasteiger partial charge in [0.05, 0.1) is 18.1 Å². The van der Waals surface area contributed by atoms with Gasteiger partial charge in [0.2, 0.25) is 0 Å². The van der Waals surface area contributed by atoms with Crippen molar-refractivity contribution < 1.29 is 4.74 Å². The first kappa shape index (κ1) is 14.3. The Hall–Kier alpha value is -1.76. The minimum Gasteiger partial charge on any atom is -0.487 e. The minimum absolute atomic E-state index is 0.0288. The number of hydrogen-bond donors (Lipinski definition) is 0. The number of nitriles is 1. The summed E-state index contributed by atoms with van der Waals surface area (Å²) in [4.78, 5) is 6.46. The summed E-state index contributed by atoms with van der Waals surface area (Å²) < 4.78 is 5.76. The average molecular weight is 247 g/mol. The molecule has 0 radical (unpaired) electrons. The molecule has 0 bridgehead atoms. The van der Waals surface area contributed by atoms with Gasteiger partial charge < -0.3 is 9.64 Å². The van der Waals surface area contributed by atoms with Gasteiger partial charge in [-0.15, -0.1) is 0 Å². The van der Waals surface area contributed by atoms with Gasteiger partial charge >= 0.3 is 0 Å². The van der Waals surface area contributed by atoms with E-state index in [1.54, 1.807) is 6.20 Å². The molecule has 4 nitrogen and oxygen atoms in total. The Morgan fingerprint density at radius 2 is 2.17 bits per heavy atom. The van der Waals surface area contributed by atoms with Crippen LogP contribution in [0.5, 0.6) is 5.75 Å². The summed E-state index contributed by atoms with van der Waals surface area (Å²) in [5.74, 6) is 1.56. The first-order valence-electron chi connectivity index (χ1n) is 6.34. The Morgan fingerprint density at radius 1 is 1.44 bits per heavy atom. The van der Waals surface area contributed by atoms with Crippen molar-refractivity contribution >= 4 is 5.82 Å². The van der Waals surface area contributed by atoms with Crippen LogP contribution < -0.4 is 9.64 Å². The van der Waals surface area contributed by atoms with Crippen LogP contribution in [0.2, 0.25) is 0 Å². The van der Waals surface area contributed by atoms with Crippen molar-refractivity contribution in [3.05, 3.63) is 18.3 Å². The molecule has 0 aliphatic carbocycles. The highest BCUT2D eigenvalue weighted by molar-refractivity contribution is 5.52. The number of pyridine rings is 1. The Balaban J connectivity index is 2.94. The van der Waals surface area contributed by atoms with E-state index in [-0.39, 0.29) is 12.0 Å². The first-order chi connectivity index (χ1) is 8.58. The SMILES string of the molecule is CCN(CC(C)C#N)c1ncccc1OC(C)C. The third-order valence-corrected chi connectivity index (χ3v) is 2.51. The standard InChI is InChI=1S/C14H21N3O/c1-5-17(10-12(4)9-15)14-13(18-11(2)3)7-6-8-16-14/h6-8,11-12H,5,10H2,1-4H3.